The Morgan fingerprint density at radius 1 is 0.743 bits per heavy atom. The monoisotopic (exact) mass is 460 g/mol. The standard InChI is InChI=1S/C30H24N2O3/c1-34-27-17-16-22-26-18-24(21-14-12-20(13-15-21)19-8-4-3-5-9-19)31-23-10-6-7-11-25(23)32(26)30(33)28(22)29(27)35-2/h3-18,26,31H,1-2H3. The van der Waals surface area contributed by atoms with Crippen LogP contribution in [0.2, 0.25) is 0 Å². The Morgan fingerprint density at radius 3 is 2.17 bits per heavy atom. The Balaban J connectivity index is 1.50. The molecule has 2 aliphatic rings. The summed E-state index contributed by atoms with van der Waals surface area (Å²) in [6, 6.07) is 30.2. The summed E-state index contributed by atoms with van der Waals surface area (Å²) in [5, 5.41) is 3.58. The molecular formula is C30H24N2O3. The number of methoxy groups -OCH3 is 2. The molecule has 2 heterocycles. The van der Waals surface area contributed by atoms with E-state index in [2.05, 4.69) is 47.8 Å². The summed E-state index contributed by atoms with van der Waals surface area (Å²) in [6.45, 7) is 0. The molecule has 0 spiro atoms. The SMILES string of the molecule is COc1ccc2c(c1OC)C(=O)N1c3ccccc3NC(c3ccc(-c4ccccc4)cc3)=CC21. The van der Waals surface area contributed by atoms with Crippen LogP contribution in [-0.2, 0) is 0 Å². The molecule has 6 rings (SSSR count). The van der Waals surface area contributed by atoms with Gasteiger partial charge >= 0.3 is 0 Å². The molecular weight excluding hydrogens is 436 g/mol. The fourth-order valence-electron chi connectivity index (χ4n) is 4.99. The highest BCUT2D eigenvalue weighted by atomic mass is 16.5. The van der Waals surface area contributed by atoms with Gasteiger partial charge < -0.3 is 14.8 Å². The number of rotatable bonds is 4. The number of nitrogens with one attached hydrogen (secondary N) is 1. The van der Waals surface area contributed by atoms with Crippen LogP contribution >= 0.6 is 0 Å². The lowest BCUT2D eigenvalue weighted by atomic mass is 9.99. The predicted molar refractivity (Wildman–Crippen MR) is 139 cm³/mol. The molecule has 2 aliphatic heterocycles. The topological polar surface area (TPSA) is 50.8 Å². The molecule has 1 N–H and O–H groups in total. The van der Waals surface area contributed by atoms with Gasteiger partial charge in [-0.1, -0.05) is 72.8 Å². The zero-order chi connectivity index (χ0) is 23.9. The summed E-state index contributed by atoms with van der Waals surface area (Å²) in [5.41, 5.74) is 7.46. The average molecular weight is 461 g/mol. The van der Waals surface area contributed by atoms with E-state index < -0.39 is 0 Å². The number of carbonyl (C=O) groups excluding carboxylic acids is 1. The highest BCUT2D eigenvalue weighted by Crippen LogP contribution is 2.49. The Labute approximate surface area is 204 Å². The van der Waals surface area contributed by atoms with Gasteiger partial charge in [0.1, 0.15) is 0 Å². The molecule has 1 unspecified atom stereocenters. The van der Waals surface area contributed by atoms with E-state index in [1.54, 1.807) is 14.2 Å². The van der Waals surface area contributed by atoms with Crippen molar-refractivity contribution in [3.8, 4) is 22.6 Å². The van der Waals surface area contributed by atoms with E-state index in [-0.39, 0.29) is 11.9 Å². The van der Waals surface area contributed by atoms with Crippen molar-refractivity contribution in [3.05, 3.63) is 114 Å². The van der Waals surface area contributed by atoms with Gasteiger partial charge in [-0.2, -0.15) is 0 Å². The molecule has 172 valence electrons. The van der Waals surface area contributed by atoms with Crippen molar-refractivity contribution >= 4 is 23.0 Å². The van der Waals surface area contributed by atoms with Crippen LogP contribution in [-0.4, -0.2) is 20.1 Å². The maximum atomic E-state index is 13.8. The van der Waals surface area contributed by atoms with Crippen molar-refractivity contribution in [1.82, 2.24) is 0 Å². The smallest absolute Gasteiger partial charge is 0.263 e. The maximum Gasteiger partial charge on any atom is 0.263 e. The van der Waals surface area contributed by atoms with E-state index in [1.165, 1.54) is 5.56 Å². The molecule has 0 radical (unpaired) electrons. The summed E-state index contributed by atoms with van der Waals surface area (Å²) in [4.78, 5) is 15.6. The minimum atomic E-state index is -0.280. The van der Waals surface area contributed by atoms with E-state index in [1.807, 2.05) is 59.5 Å². The molecule has 0 saturated carbocycles. The van der Waals surface area contributed by atoms with Crippen molar-refractivity contribution in [2.24, 2.45) is 0 Å². The first kappa shape index (κ1) is 21.1. The largest absolute Gasteiger partial charge is 0.493 e. The van der Waals surface area contributed by atoms with E-state index in [0.717, 1.165) is 33.8 Å². The lowest BCUT2D eigenvalue weighted by molar-refractivity contribution is 0.0991. The zero-order valence-electron chi connectivity index (χ0n) is 19.5. The van der Waals surface area contributed by atoms with Crippen molar-refractivity contribution in [3.63, 3.8) is 0 Å². The Hall–Kier alpha value is -4.51. The first-order chi connectivity index (χ1) is 17.2. The summed E-state index contributed by atoms with van der Waals surface area (Å²) in [7, 11) is 3.15. The minimum absolute atomic E-state index is 0.105. The summed E-state index contributed by atoms with van der Waals surface area (Å²) < 4.78 is 11.1. The second-order valence-electron chi connectivity index (χ2n) is 8.55. The average Bonchev–Trinajstić information content (AvgIpc) is 3.08. The fourth-order valence-corrected chi connectivity index (χ4v) is 4.99. The number of benzene rings is 4. The number of hydrogen-bond acceptors (Lipinski definition) is 4. The van der Waals surface area contributed by atoms with Crippen LogP contribution < -0.4 is 19.7 Å². The molecule has 0 fully saturated rings. The first-order valence-corrected chi connectivity index (χ1v) is 11.5. The third kappa shape index (κ3) is 3.36. The molecule has 4 aromatic carbocycles. The molecule has 1 atom stereocenters. The number of nitrogens with zero attached hydrogens (tertiary/aromatic N) is 1. The molecule has 0 aromatic heterocycles. The lowest BCUT2D eigenvalue weighted by Gasteiger charge is -2.22. The number of para-hydroxylation sites is 2. The second kappa shape index (κ2) is 8.37. The third-order valence-corrected chi connectivity index (χ3v) is 6.67. The number of carbonyl (C=O) groups is 1. The van der Waals surface area contributed by atoms with Crippen LogP contribution in [0.1, 0.15) is 27.5 Å². The van der Waals surface area contributed by atoms with Crippen LogP contribution in [0.4, 0.5) is 11.4 Å². The summed E-state index contributed by atoms with van der Waals surface area (Å²) in [6.07, 6.45) is 2.12. The van der Waals surface area contributed by atoms with Crippen LogP contribution in [0.15, 0.2) is 97.1 Å². The van der Waals surface area contributed by atoms with Gasteiger partial charge in [-0.3, -0.25) is 9.69 Å². The van der Waals surface area contributed by atoms with E-state index in [9.17, 15) is 4.79 Å². The van der Waals surface area contributed by atoms with Gasteiger partial charge in [0.2, 0.25) is 0 Å². The number of fused-ring (bicyclic) bond motifs is 5. The van der Waals surface area contributed by atoms with Gasteiger partial charge in [-0.05, 0) is 46.5 Å². The van der Waals surface area contributed by atoms with Gasteiger partial charge in [0.05, 0.1) is 37.2 Å². The van der Waals surface area contributed by atoms with E-state index in [0.29, 0.717) is 17.1 Å². The summed E-state index contributed by atoms with van der Waals surface area (Å²) >= 11 is 0. The Bertz CT molecular complexity index is 1460. The molecule has 5 heteroatoms. The van der Waals surface area contributed by atoms with E-state index >= 15 is 0 Å². The maximum absolute atomic E-state index is 13.8. The van der Waals surface area contributed by atoms with Crippen molar-refractivity contribution < 1.29 is 14.3 Å². The lowest BCUT2D eigenvalue weighted by Crippen LogP contribution is -2.26. The van der Waals surface area contributed by atoms with Crippen molar-refractivity contribution in [2.75, 3.05) is 24.4 Å². The first-order valence-electron chi connectivity index (χ1n) is 11.5. The number of amides is 1. The third-order valence-electron chi connectivity index (χ3n) is 6.67. The van der Waals surface area contributed by atoms with Gasteiger partial charge in [0.25, 0.3) is 5.91 Å². The molecule has 4 aromatic rings. The normalized spacial score (nSPS) is 15.8. The number of anilines is 2. The van der Waals surface area contributed by atoms with Gasteiger partial charge in [-0.25, -0.2) is 0 Å². The van der Waals surface area contributed by atoms with Gasteiger partial charge in [0, 0.05) is 5.70 Å². The Kier molecular flexibility index (Phi) is 5.03. The second-order valence-corrected chi connectivity index (χ2v) is 8.55. The minimum Gasteiger partial charge on any atom is -0.493 e. The quantitative estimate of drug-likeness (QED) is 0.376. The summed E-state index contributed by atoms with van der Waals surface area (Å²) in [5.74, 6) is 0.909. The van der Waals surface area contributed by atoms with Crippen LogP contribution in [0.3, 0.4) is 0 Å². The highest BCUT2D eigenvalue weighted by Gasteiger charge is 2.42. The molecule has 0 saturated heterocycles. The number of hydrogen-bond donors (Lipinski definition) is 1. The molecule has 0 bridgehead atoms. The van der Waals surface area contributed by atoms with Crippen LogP contribution in [0, 0.1) is 0 Å². The highest BCUT2D eigenvalue weighted by molar-refractivity contribution is 6.16. The molecule has 1 amide bonds. The fraction of sp³-hybridized carbons (Fsp3) is 0.100. The van der Waals surface area contributed by atoms with Gasteiger partial charge in [0.15, 0.2) is 11.5 Å². The van der Waals surface area contributed by atoms with Crippen LogP contribution in [0.25, 0.3) is 16.8 Å². The molecule has 5 nitrogen and oxygen atoms in total. The van der Waals surface area contributed by atoms with Crippen molar-refractivity contribution in [2.45, 2.75) is 6.04 Å². The number of ether oxygens (including phenoxy) is 2. The molecule has 35 heavy (non-hydrogen) atoms. The van der Waals surface area contributed by atoms with Gasteiger partial charge in [-0.15, -0.1) is 0 Å². The molecule has 0 aliphatic carbocycles. The van der Waals surface area contributed by atoms with Crippen molar-refractivity contribution in [1.29, 1.82) is 0 Å². The van der Waals surface area contributed by atoms with Crippen LogP contribution in [0.5, 0.6) is 11.5 Å². The predicted octanol–water partition coefficient (Wildman–Crippen LogP) is 6.54. The zero-order valence-corrected chi connectivity index (χ0v) is 19.5. The van der Waals surface area contributed by atoms with E-state index in [4.69, 9.17) is 9.47 Å². The Morgan fingerprint density at radius 2 is 1.43 bits per heavy atom.